The largest absolute Gasteiger partial charge is 0.575 e. The van der Waals surface area contributed by atoms with E-state index in [-0.39, 0.29) is 21.9 Å². The lowest BCUT2D eigenvalue weighted by Crippen LogP contribution is -2.30. The Labute approximate surface area is 146 Å². The molecule has 0 saturated carbocycles. The summed E-state index contributed by atoms with van der Waals surface area (Å²) in [6.45, 7) is 1.40. The third-order valence-electron chi connectivity index (χ3n) is 3.27. The average molecular weight is 375 g/mol. The van der Waals surface area contributed by atoms with Crippen LogP contribution >= 0.6 is 24.2 Å². The van der Waals surface area contributed by atoms with E-state index in [1.165, 1.54) is 13.0 Å². The minimum atomic E-state index is -5.14. The molecule has 1 heterocycles. The minimum absolute atomic E-state index is 0.0136. The summed E-state index contributed by atoms with van der Waals surface area (Å²) < 4.78 is 40.8. The smallest absolute Gasteiger partial charge is 0.369 e. The lowest BCUT2D eigenvalue weighted by Gasteiger charge is -2.28. The Morgan fingerprint density at radius 2 is 2.12 bits per heavy atom. The number of esters is 1. The maximum atomic E-state index is 12.4. The molecule has 1 aliphatic rings. The van der Waals surface area contributed by atoms with E-state index in [2.05, 4.69) is 22.7 Å². The van der Waals surface area contributed by atoms with Crippen LogP contribution in [0.25, 0.3) is 0 Å². The van der Waals surface area contributed by atoms with Gasteiger partial charge in [-0.15, -0.1) is 25.8 Å². The highest BCUT2D eigenvalue weighted by atomic mass is 35.5. The van der Waals surface area contributed by atoms with Gasteiger partial charge in [0.15, 0.2) is 0 Å². The topological polar surface area (TPSA) is 62.1 Å². The Kier molecular flexibility index (Phi) is 5.16. The van der Waals surface area contributed by atoms with E-state index >= 15 is 0 Å². The molecule has 1 N–H and O–H groups in total. The summed E-state index contributed by atoms with van der Waals surface area (Å²) in [7, 11) is 0. The van der Waals surface area contributed by atoms with Gasteiger partial charge in [-0.1, -0.05) is 23.7 Å². The van der Waals surface area contributed by atoms with Crippen molar-refractivity contribution in [2.45, 2.75) is 19.2 Å². The van der Waals surface area contributed by atoms with Crippen molar-refractivity contribution in [2.75, 3.05) is 0 Å². The summed E-state index contributed by atoms with van der Waals surface area (Å²) in [5.74, 6) is -2.66. The first-order chi connectivity index (χ1) is 11.1. The first kappa shape index (κ1) is 18.2. The van der Waals surface area contributed by atoms with E-state index in [1.807, 2.05) is 6.07 Å². The van der Waals surface area contributed by atoms with Gasteiger partial charge in [0.2, 0.25) is 0 Å². The maximum absolute atomic E-state index is 12.4. The first-order valence-corrected chi connectivity index (χ1v) is 7.33. The summed E-state index contributed by atoms with van der Waals surface area (Å²) in [4.78, 5) is 12.0. The highest BCUT2D eigenvalue weighted by molar-refractivity contribution is 7.84. The molecule has 2 rings (SSSR count). The number of carbonyl (C=O) groups is 1. The van der Waals surface area contributed by atoms with Crippen molar-refractivity contribution in [3.05, 3.63) is 56.7 Å². The number of allylic oxidation sites excluding steroid dienone is 2. The summed E-state index contributed by atoms with van der Waals surface area (Å²) >= 11 is 10.0. The molecule has 1 atom stereocenters. The average Bonchev–Trinajstić information content (AvgIpc) is 2.44. The lowest BCUT2D eigenvalue weighted by atomic mass is 9.82. The number of rotatable bonds is 2. The van der Waals surface area contributed by atoms with Crippen molar-refractivity contribution in [3.8, 4) is 6.07 Å². The number of halogens is 4. The molecule has 1 aromatic rings. The van der Waals surface area contributed by atoms with Gasteiger partial charge in [-0.05, 0) is 24.6 Å². The second kappa shape index (κ2) is 6.79. The van der Waals surface area contributed by atoms with E-state index in [9.17, 15) is 23.2 Å². The molecule has 0 aliphatic carbocycles. The summed E-state index contributed by atoms with van der Waals surface area (Å²) in [6, 6.07) is 8.00. The van der Waals surface area contributed by atoms with Crippen LogP contribution < -0.4 is 5.32 Å². The van der Waals surface area contributed by atoms with Gasteiger partial charge in [0.1, 0.15) is 0 Å². The van der Waals surface area contributed by atoms with Gasteiger partial charge in [0, 0.05) is 10.7 Å². The molecule has 0 spiro atoms. The number of thiol groups is 1. The number of nitrogens with one attached hydrogen (secondary N) is 1. The predicted octanol–water partition coefficient (Wildman–Crippen LogP) is 4.03. The first-order valence-electron chi connectivity index (χ1n) is 6.50. The second-order valence-electron chi connectivity index (χ2n) is 4.86. The second-order valence-corrected chi connectivity index (χ2v) is 5.74. The van der Waals surface area contributed by atoms with Gasteiger partial charge in [-0.3, -0.25) is 0 Å². The van der Waals surface area contributed by atoms with Crippen LogP contribution in [-0.2, 0) is 9.53 Å². The molecule has 0 saturated heterocycles. The van der Waals surface area contributed by atoms with Crippen LogP contribution in [0.1, 0.15) is 18.4 Å². The third kappa shape index (κ3) is 3.86. The van der Waals surface area contributed by atoms with Gasteiger partial charge in [-0.2, -0.15) is 5.26 Å². The zero-order chi connectivity index (χ0) is 18.1. The van der Waals surface area contributed by atoms with Crippen LogP contribution in [0.15, 0.2) is 46.1 Å². The van der Waals surface area contributed by atoms with Crippen LogP contribution in [0.3, 0.4) is 0 Å². The van der Waals surface area contributed by atoms with Crippen LogP contribution in [0, 0.1) is 11.3 Å². The molecule has 0 aromatic heterocycles. The van der Waals surface area contributed by atoms with Crippen molar-refractivity contribution in [1.82, 2.24) is 5.32 Å². The number of hydrogen-bond acceptors (Lipinski definition) is 5. The number of alkyl halides is 3. The fourth-order valence-electron chi connectivity index (χ4n) is 2.38. The molecule has 0 radical (unpaired) electrons. The standard InChI is InChI=1S/C15H10ClF3N2O2S/c1-7-11(14(22)23-15(17,18)19)12(10(6-20)13(24)21-7)8-3-2-4-9(16)5-8/h2-5,12,21,24H,1H3. The van der Waals surface area contributed by atoms with Gasteiger partial charge in [-0.25, -0.2) is 4.79 Å². The van der Waals surface area contributed by atoms with Crippen LogP contribution in [-0.4, -0.2) is 12.3 Å². The Bertz CT molecular complexity index is 797. The van der Waals surface area contributed by atoms with E-state index in [1.54, 1.807) is 18.2 Å². The van der Waals surface area contributed by atoms with Crippen molar-refractivity contribution in [2.24, 2.45) is 0 Å². The molecule has 9 heteroatoms. The number of dihydropyridines is 1. The lowest BCUT2D eigenvalue weighted by molar-refractivity contribution is -0.303. The number of hydrogen-bond donors (Lipinski definition) is 2. The van der Waals surface area contributed by atoms with Crippen molar-refractivity contribution in [1.29, 1.82) is 5.26 Å². The monoisotopic (exact) mass is 374 g/mol. The van der Waals surface area contributed by atoms with Gasteiger partial charge in [0.25, 0.3) is 0 Å². The Morgan fingerprint density at radius 1 is 1.46 bits per heavy atom. The van der Waals surface area contributed by atoms with Crippen molar-refractivity contribution < 1.29 is 22.7 Å². The highest BCUT2D eigenvalue weighted by Crippen LogP contribution is 2.40. The van der Waals surface area contributed by atoms with E-state index in [0.29, 0.717) is 10.6 Å². The summed E-state index contributed by atoms with van der Waals surface area (Å²) in [5.41, 5.74) is 0.142. The molecule has 24 heavy (non-hydrogen) atoms. The molecule has 1 aliphatic heterocycles. The van der Waals surface area contributed by atoms with E-state index in [0.717, 1.165) is 0 Å². The molecule has 0 fully saturated rings. The Hall–Kier alpha value is -2.11. The summed E-state index contributed by atoms with van der Waals surface area (Å²) in [6.07, 6.45) is -5.14. The number of benzene rings is 1. The zero-order valence-electron chi connectivity index (χ0n) is 12.1. The molecular weight excluding hydrogens is 365 g/mol. The van der Waals surface area contributed by atoms with E-state index in [4.69, 9.17) is 11.6 Å². The van der Waals surface area contributed by atoms with Gasteiger partial charge < -0.3 is 10.1 Å². The van der Waals surface area contributed by atoms with Crippen LogP contribution in [0.2, 0.25) is 5.02 Å². The minimum Gasteiger partial charge on any atom is -0.369 e. The fourth-order valence-corrected chi connectivity index (χ4v) is 2.92. The Balaban J connectivity index is 2.59. The number of ether oxygens (including phenoxy) is 1. The van der Waals surface area contributed by atoms with Crippen LogP contribution in [0.5, 0.6) is 0 Å². The van der Waals surface area contributed by atoms with Gasteiger partial charge in [0.05, 0.1) is 28.2 Å². The van der Waals surface area contributed by atoms with Crippen LogP contribution in [0.4, 0.5) is 13.2 Å². The van der Waals surface area contributed by atoms with Crippen molar-refractivity contribution >= 4 is 30.2 Å². The van der Waals surface area contributed by atoms with E-state index < -0.39 is 18.2 Å². The molecule has 0 bridgehead atoms. The molecule has 4 nitrogen and oxygen atoms in total. The SMILES string of the molecule is CC1=C(C(=O)OC(F)(F)F)C(c2cccc(Cl)c2)C(C#N)=C(S)N1. The quantitative estimate of drug-likeness (QED) is 0.606. The fraction of sp³-hybridized carbons (Fsp3) is 0.200. The zero-order valence-corrected chi connectivity index (χ0v) is 13.8. The number of carbonyl (C=O) groups excluding carboxylic acids is 1. The number of nitrogens with zero attached hydrogens (tertiary/aromatic N) is 1. The molecule has 1 aromatic carbocycles. The number of nitriles is 1. The predicted molar refractivity (Wildman–Crippen MR) is 83.8 cm³/mol. The molecule has 0 amide bonds. The maximum Gasteiger partial charge on any atom is 0.575 e. The van der Waals surface area contributed by atoms with Gasteiger partial charge >= 0.3 is 12.3 Å². The summed E-state index contributed by atoms with van der Waals surface area (Å²) in [5, 5.41) is 12.4. The normalized spacial score (nSPS) is 18.1. The Morgan fingerprint density at radius 3 is 2.67 bits per heavy atom. The molecule has 1 unspecified atom stereocenters. The molecular formula is C15H10ClF3N2O2S. The van der Waals surface area contributed by atoms with Crippen molar-refractivity contribution in [3.63, 3.8) is 0 Å². The third-order valence-corrected chi connectivity index (χ3v) is 3.86. The highest BCUT2D eigenvalue weighted by Gasteiger charge is 2.40. The molecule has 126 valence electrons.